The standard InChI is InChI=1S/C18H15Cl2N3O3S/c1-10-3-5-12(6-4-10)23-15(7-11(2)22-23)21-16(24)9-26-18(25)13-8-14(19)27-17(13)20/h3-8H,9H2,1-2H3,(H,21,24). The summed E-state index contributed by atoms with van der Waals surface area (Å²) < 4.78 is 7.21. The first-order valence-electron chi connectivity index (χ1n) is 7.89. The number of thiophene rings is 1. The monoisotopic (exact) mass is 423 g/mol. The van der Waals surface area contributed by atoms with E-state index in [0.717, 1.165) is 28.3 Å². The van der Waals surface area contributed by atoms with Crippen molar-refractivity contribution in [3.63, 3.8) is 0 Å². The van der Waals surface area contributed by atoms with Crippen LogP contribution in [0, 0.1) is 13.8 Å². The Balaban J connectivity index is 1.67. The van der Waals surface area contributed by atoms with Gasteiger partial charge in [0.1, 0.15) is 10.2 Å². The summed E-state index contributed by atoms with van der Waals surface area (Å²) in [7, 11) is 0. The van der Waals surface area contributed by atoms with Crippen LogP contribution in [-0.4, -0.2) is 28.3 Å². The molecule has 1 amide bonds. The first-order valence-corrected chi connectivity index (χ1v) is 9.46. The number of halogens is 2. The molecule has 0 bridgehead atoms. The number of hydrogen-bond donors (Lipinski definition) is 1. The Morgan fingerprint density at radius 3 is 2.52 bits per heavy atom. The second-order valence-electron chi connectivity index (χ2n) is 5.78. The van der Waals surface area contributed by atoms with E-state index in [1.54, 1.807) is 10.7 Å². The number of ether oxygens (including phenoxy) is 1. The van der Waals surface area contributed by atoms with Crippen LogP contribution in [0.25, 0.3) is 5.69 Å². The molecule has 1 N–H and O–H groups in total. The van der Waals surface area contributed by atoms with E-state index < -0.39 is 18.5 Å². The minimum Gasteiger partial charge on any atom is -0.452 e. The molecular formula is C18H15Cl2N3O3S. The fraction of sp³-hybridized carbons (Fsp3) is 0.167. The average molecular weight is 424 g/mol. The van der Waals surface area contributed by atoms with Gasteiger partial charge in [0.25, 0.3) is 5.91 Å². The second kappa shape index (κ2) is 8.12. The van der Waals surface area contributed by atoms with Crippen molar-refractivity contribution in [1.82, 2.24) is 9.78 Å². The van der Waals surface area contributed by atoms with Crippen molar-refractivity contribution in [2.24, 2.45) is 0 Å². The molecule has 0 saturated heterocycles. The lowest BCUT2D eigenvalue weighted by Gasteiger charge is -2.09. The van der Waals surface area contributed by atoms with Crippen molar-refractivity contribution in [2.45, 2.75) is 13.8 Å². The van der Waals surface area contributed by atoms with Crippen molar-refractivity contribution in [2.75, 3.05) is 11.9 Å². The zero-order valence-corrected chi connectivity index (χ0v) is 16.8. The molecule has 0 saturated carbocycles. The van der Waals surface area contributed by atoms with Gasteiger partial charge in [0.05, 0.1) is 21.3 Å². The van der Waals surface area contributed by atoms with E-state index in [1.165, 1.54) is 6.07 Å². The molecule has 27 heavy (non-hydrogen) atoms. The van der Waals surface area contributed by atoms with E-state index in [4.69, 9.17) is 27.9 Å². The van der Waals surface area contributed by atoms with Crippen LogP contribution in [0.15, 0.2) is 36.4 Å². The maximum atomic E-state index is 12.2. The van der Waals surface area contributed by atoms with Gasteiger partial charge in [0.2, 0.25) is 0 Å². The molecule has 0 spiro atoms. The Morgan fingerprint density at radius 1 is 1.19 bits per heavy atom. The van der Waals surface area contributed by atoms with Crippen LogP contribution in [-0.2, 0) is 9.53 Å². The molecule has 2 heterocycles. The maximum Gasteiger partial charge on any atom is 0.341 e. The Labute approximate surface area is 169 Å². The highest BCUT2D eigenvalue weighted by Gasteiger charge is 2.18. The maximum absolute atomic E-state index is 12.2. The van der Waals surface area contributed by atoms with E-state index in [2.05, 4.69) is 10.4 Å². The van der Waals surface area contributed by atoms with Gasteiger partial charge in [0, 0.05) is 6.07 Å². The third kappa shape index (κ3) is 4.68. The van der Waals surface area contributed by atoms with Gasteiger partial charge in [-0.25, -0.2) is 9.48 Å². The molecule has 0 radical (unpaired) electrons. The number of aromatic nitrogens is 2. The largest absolute Gasteiger partial charge is 0.452 e. The summed E-state index contributed by atoms with van der Waals surface area (Å²) in [4.78, 5) is 24.2. The number of hydrogen-bond acceptors (Lipinski definition) is 5. The zero-order chi connectivity index (χ0) is 19.6. The lowest BCUT2D eigenvalue weighted by molar-refractivity contribution is -0.119. The molecular weight excluding hydrogens is 409 g/mol. The van der Waals surface area contributed by atoms with Gasteiger partial charge in [-0.05, 0) is 32.0 Å². The lowest BCUT2D eigenvalue weighted by atomic mass is 10.2. The van der Waals surface area contributed by atoms with Crippen LogP contribution in [0.5, 0.6) is 0 Å². The van der Waals surface area contributed by atoms with Crippen molar-refractivity contribution in [3.8, 4) is 5.69 Å². The second-order valence-corrected chi connectivity index (χ2v) is 8.07. The zero-order valence-electron chi connectivity index (χ0n) is 14.5. The van der Waals surface area contributed by atoms with Crippen molar-refractivity contribution < 1.29 is 14.3 Å². The highest BCUT2D eigenvalue weighted by atomic mass is 35.5. The number of aryl methyl sites for hydroxylation is 2. The molecule has 6 nitrogen and oxygen atoms in total. The SMILES string of the molecule is Cc1ccc(-n2nc(C)cc2NC(=O)COC(=O)c2cc(Cl)sc2Cl)cc1. The number of nitrogens with one attached hydrogen (secondary N) is 1. The predicted molar refractivity (Wildman–Crippen MR) is 106 cm³/mol. The van der Waals surface area contributed by atoms with Gasteiger partial charge in [-0.2, -0.15) is 5.10 Å². The summed E-state index contributed by atoms with van der Waals surface area (Å²) in [6, 6.07) is 10.9. The molecule has 3 rings (SSSR count). The number of benzene rings is 1. The number of anilines is 1. The van der Waals surface area contributed by atoms with Crippen molar-refractivity contribution >= 4 is 52.2 Å². The van der Waals surface area contributed by atoms with Gasteiger partial charge < -0.3 is 10.1 Å². The molecule has 0 unspecified atom stereocenters. The molecule has 140 valence electrons. The number of rotatable bonds is 5. The third-order valence-electron chi connectivity index (χ3n) is 3.59. The highest BCUT2D eigenvalue weighted by molar-refractivity contribution is 7.20. The molecule has 0 fully saturated rings. The first-order chi connectivity index (χ1) is 12.8. The average Bonchev–Trinajstić information content (AvgIpc) is 3.15. The Kier molecular flexibility index (Phi) is 5.84. The van der Waals surface area contributed by atoms with Crippen LogP contribution >= 0.6 is 34.5 Å². The number of nitrogens with zero attached hydrogens (tertiary/aromatic N) is 2. The highest BCUT2D eigenvalue weighted by Crippen LogP contribution is 2.31. The van der Waals surface area contributed by atoms with Crippen molar-refractivity contribution in [3.05, 3.63) is 61.9 Å². The molecule has 1 aromatic carbocycles. The fourth-order valence-corrected chi connectivity index (χ4v) is 3.78. The van der Waals surface area contributed by atoms with Crippen LogP contribution in [0.3, 0.4) is 0 Å². The number of esters is 1. The van der Waals surface area contributed by atoms with E-state index in [-0.39, 0.29) is 9.90 Å². The van der Waals surface area contributed by atoms with Gasteiger partial charge in [-0.3, -0.25) is 4.79 Å². The van der Waals surface area contributed by atoms with E-state index in [1.807, 2.05) is 38.1 Å². The van der Waals surface area contributed by atoms with E-state index in [0.29, 0.717) is 10.2 Å². The van der Waals surface area contributed by atoms with Gasteiger partial charge in [-0.15, -0.1) is 11.3 Å². The predicted octanol–water partition coefficient (Wildman–Crippen LogP) is 4.65. The molecule has 9 heteroatoms. The molecule has 3 aromatic rings. The summed E-state index contributed by atoms with van der Waals surface area (Å²) in [5, 5.41) is 7.08. The third-order valence-corrected chi connectivity index (χ3v) is 5.08. The fourth-order valence-electron chi connectivity index (χ4n) is 2.34. The van der Waals surface area contributed by atoms with Gasteiger partial charge in [0.15, 0.2) is 6.61 Å². The van der Waals surface area contributed by atoms with Gasteiger partial charge in [-0.1, -0.05) is 40.9 Å². The Hall–Kier alpha value is -2.35. The summed E-state index contributed by atoms with van der Waals surface area (Å²) in [6.45, 7) is 3.35. The number of carbonyl (C=O) groups excluding carboxylic acids is 2. The molecule has 2 aromatic heterocycles. The molecule has 0 aliphatic rings. The topological polar surface area (TPSA) is 73.2 Å². The Bertz CT molecular complexity index is 996. The number of carbonyl (C=O) groups is 2. The molecule has 0 aliphatic carbocycles. The normalized spacial score (nSPS) is 10.7. The minimum atomic E-state index is -0.707. The Morgan fingerprint density at radius 2 is 1.89 bits per heavy atom. The van der Waals surface area contributed by atoms with Crippen LogP contribution in [0.4, 0.5) is 5.82 Å². The number of amides is 1. The smallest absolute Gasteiger partial charge is 0.341 e. The van der Waals surface area contributed by atoms with E-state index >= 15 is 0 Å². The van der Waals surface area contributed by atoms with Gasteiger partial charge >= 0.3 is 5.97 Å². The summed E-state index contributed by atoms with van der Waals surface area (Å²) in [5.41, 5.74) is 2.80. The van der Waals surface area contributed by atoms with Crippen LogP contribution < -0.4 is 5.32 Å². The van der Waals surface area contributed by atoms with E-state index in [9.17, 15) is 9.59 Å². The minimum absolute atomic E-state index is 0.139. The quantitative estimate of drug-likeness (QED) is 0.605. The summed E-state index contributed by atoms with van der Waals surface area (Å²) >= 11 is 12.8. The van der Waals surface area contributed by atoms with Crippen LogP contribution in [0.1, 0.15) is 21.6 Å². The summed E-state index contributed by atoms with van der Waals surface area (Å²) in [6.07, 6.45) is 0. The molecule has 0 atom stereocenters. The first kappa shape index (κ1) is 19.4. The summed E-state index contributed by atoms with van der Waals surface area (Å²) in [5.74, 6) is -0.718. The van der Waals surface area contributed by atoms with Crippen LogP contribution in [0.2, 0.25) is 8.67 Å². The lowest BCUT2D eigenvalue weighted by Crippen LogP contribution is -2.22. The van der Waals surface area contributed by atoms with Crippen molar-refractivity contribution in [1.29, 1.82) is 0 Å². The molecule has 0 aliphatic heterocycles.